The first-order valence-corrected chi connectivity index (χ1v) is 12.1. The highest BCUT2D eigenvalue weighted by molar-refractivity contribution is 7.89. The van der Waals surface area contributed by atoms with Crippen molar-refractivity contribution in [3.8, 4) is 0 Å². The van der Waals surface area contributed by atoms with Crippen molar-refractivity contribution in [2.75, 3.05) is 18.0 Å². The van der Waals surface area contributed by atoms with E-state index in [1.54, 1.807) is 41.4 Å². The van der Waals surface area contributed by atoms with Crippen LogP contribution >= 0.6 is 11.6 Å². The summed E-state index contributed by atoms with van der Waals surface area (Å²) in [5.41, 5.74) is 3.40. The molecule has 4 rings (SSSR count). The predicted molar refractivity (Wildman–Crippen MR) is 119 cm³/mol. The summed E-state index contributed by atoms with van der Waals surface area (Å²) < 4.78 is 26.4. The zero-order valence-electron chi connectivity index (χ0n) is 17.4. The molecule has 0 spiro atoms. The van der Waals surface area contributed by atoms with Crippen LogP contribution in [0.4, 0.5) is 5.69 Å². The van der Waals surface area contributed by atoms with Gasteiger partial charge in [0.1, 0.15) is 0 Å². The van der Waals surface area contributed by atoms with E-state index in [0.29, 0.717) is 23.7 Å². The summed E-state index contributed by atoms with van der Waals surface area (Å²) in [6.45, 7) is 6.45. The Labute approximate surface area is 182 Å². The maximum Gasteiger partial charge on any atom is 0.259 e. The molecule has 0 N–H and O–H groups in total. The van der Waals surface area contributed by atoms with Gasteiger partial charge in [0.25, 0.3) is 5.91 Å². The zero-order chi connectivity index (χ0) is 21.6. The zero-order valence-corrected chi connectivity index (χ0v) is 18.9. The molecule has 1 saturated heterocycles. The molecule has 0 radical (unpaired) electrons. The molecule has 2 aromatic rings. The summed E-state index contributed by atoms with van der Waals surface area (Å²) in [6.07, 6.45) is 5.03. The van der Waals surface area contributed by atoms with Crippen molar-refractivity contribution in [2.45, 2.75) is 50.8 Å². The Balaban J connectivity index is 1.54. The van der Waals surface area contributed by atoms with Crippen LogP contribution in [0.1, 0.15) is 67.1 Å². The summed E-state index contributed by atoms with van der Waals surface area (Å²) in [7, 11) is -3.22. The number of anilines is 1. The molecular formula is C22H26ClN3O3S. The molecule has 0 aliphatic carbocycles. The van der Waals surface area contributed by atoms with Gasteiger partial charge in [0.15, 0.2) is 0 Å². The lowest BCUT2D eigenvalue weighted by Gasteiger charge is -2.33. The Morgan fingerprint density at radius 1 is 1.13 bits per heavy atom. The topological polar surface area (TPSA) is 70.6 Å². The summed E-state index contributed by atoms with van der Waals surface area (Å²) in [6, 6.07) is 7.26. The van der Waals surface area contributed by atoms with Crippen LogP contribution in [0, 0.1) is 0 Å². The number of amides is 1. The molecule has 1 aromatic heterocycles. The third-order valence-corrected chi connectivity index (χ3v) is 8.72. The van der Waals surface area contributed by atoms with Gasteiger partial charge in [-0.05, 0) is 74.9 Å². The fraction of sp³-hybridized carbons (Fsp3) is 0.455. The van der Waals surface area contributed by atoms with Gasteiger partial charge in [0.05, 0.1) is 23.2 Å². The second-order valence-corrected chi connectivity index (χ2v) is 11.3. The number of rotatable bonds is 4. The molecule has 1 fully saturated rings. The molecule has 1 atom stereocenters. The van der Waals surface area contributed by atoms with Crippen molar-refractivity contribution in [1.29, 1.82) is 0 Å². The molecule has 30 heavy (non-hydrogen) atoms. The molecule has 0 bridgehead atoms. The standard InChI is InChI=1S/C22H26ClN3O3S/c1-14(2)30(28,29)25-8-6-16(7-9-25)17-10-19(13-24-12-17)26-15(3)21-11-18(23)4-5-20(21)22(26)27/h4-5,10-16H,6-9H2,1-3H3/t15-/m1/s1. The van der Waals surface area contributed by atoms with Crippen molar-refractivity contribution in [2.24, 2.45) is 0 Å². The lowest BCUT2D eigenvalue weighted by atomic mass is 9.91. The molecular weight excluding hydrogens is 422 g/mol. The number of hydrogen-bond donors (Lipinski definition) is 0. The van der Waals surface area contributed by atoms with Crippen LogP contribution in [0.2, 0.25) is 5.02 Å². The van der Waals surface area contributed by atoms with E-state index in [9.17, 15) is 13.2 Å². The van der Waals surface area contributed by atoms with Gasteiger partial charge in [-0.15, -0.1) is 0 Å². The number of fused-ring (bicyclic) bond motifs is 1. The van der Waals surface area contributed by atoms with Crippen molar-refractivity contribution in [1.82, 2.24) is 9.29 Å². The van der Waals surface area contributed by atoms with Crippen molar-refractivity contribution in [3.05, 3.63) is 58.4 Å². The highest BCUT2D eigenvalue weighted by Gasteiger charge is 2.36. The SMILES string of the molecule is CC(C)S(=O)(=O)N1CCC(c2cncc(N3C(=O)c4ccc(Cl)cc4[C@H]3C)c2)CC1. The Bertz CT molecular complexity index is 1080. The van der Waals surface area contributed by atoms with Crippen LogP contribution in [-0.4, -0.2) is 42.0 Å². The maximum atomic E-state index is 13.0. The number of nitrogens with zero attached hydrogens (tertiary/aromatic N) is 3. The average molecular weight is 448 g/mol. The minimum atomic E-state index is -3.22. The van der Waals surface area contributed by atoms with Crippen LogP contribution in [0.5, 0.6) is 0 Å². The normalized spacial score (nSPS) is 20.8. The molecule has 160 valence electrons. The number of pyridine rings is 1. The monoisotopic (exact) mass is 447 g/mol. The van der Waals surface area contributed by atoms with Gasteiger partial charge >= 0.3 is 0 Å². The van der Waals surface area contributed by atoms with Gasteiger partial charge in [-0.3, -0.25) is 14.7 Å². The molecule has 0 unspecified atom stereocenters. The fourth-order valence-electron chi connectivity index (χ4n) is 4.40. The lowest BCUT2D eigenvalue weighted by molar-refractivity contribution is 0.0992. The van der Waals surface area contributed by atoms with Gasteiger partial charge in [-0.1, -0.05) is 11.6 Å². The van der Waals surface area contributed by atoms with E-state index in [4.69, 9.17) is 11.6 Å². The van der Waals surface area contributed by atoms with E-state index in [2.05, 4.69) is 4.98 Å². The number of hydrogen-bond acceptors (Lipinski definition) is 4. The highest BCUT2D eigenvalue weighted by atomic mass is 35.5. The van der Waals surface area contributed by atoms with E-state index in [-0.39, 0.29) is 17.9 Å². The Hall–Kier alpha value is -1.96. The average Bonchev–Trinajstić information content (AvgIpc) is 2.97. The van der Waals surface area contributed by atoms with Crippen LogP contribution in [-0.2, 0) is 10.0 Å². The minimum absolute atomic E-state index is 0.0500. The number of piperidine rings is 1. The highest BCUT2D eigenvalue weighted by Crippen LogP contribution is 2.39. The lowest BCUT2D eigenvalue weighted by Crippen LogP contribution is -2.41. The van der Waals surface area contributed by atoms with Gasteiger partial charge in [-0.2, -0.15) is 0 Å². The number of carbonyl (C=O) groups is 1. The second kappa shape index (κ2) is 7.94. The van der Waals surface area contributed by atoms with Crippen LogP contribution in [0.3, 0.4) is 0 Å². The van der Waals surface area contributed by atoms with Gasteiger partial charge in [-0.25, -0.2) is 12.7 Å². The maximum absolute atomic E-state index is 13.0. The van der Waals surface area contributed by atoms with Crippen LogP contribution < -0.4 is 4.90 Å². The van der Waals surface area contributed by atoms with Gasteiger partial charge in [0, 0.05) is 29.9 Å². The van der Waals surface area contributed by atoms with E-state index >= 15 is 0 Å². The molecule has 2 aliphatic rings. The quantitative estimate of drug-likeness (QED) is 0.697. The number of sulfonamides is 1. The van der Waals surface area contributed by atoms with Crippen molar-refractivity contribution >= 4 is 33.2 Å². The number of halogens is 1. The Morgan fingerprint density at radius 2 is 1.83 bits per heavy atom. The fourth-order valence-corrected chi connectivity index (χ4v) is 5.90. The third kappa shape index (κ3) is 3.63. The van der Waals surface area contributed by atoms with E-state index in [1.807, 2.05) is 25.3 Å². The smallest absolute Gasteiger partial charge is 0.259 e. The number of aromatic nitrogens is 1. The molecule has 1 amide bonds. The molecule has 3 heterocycles. The summed E-state index contributed by atoms with van der Waals surface area (Å²) in [4.78, 5) is 19.2. The first-order valence-electron chi connectivity index (χ1n) is 10.3. The van der Waals surface area contributed by atoms with Crippen molar-refractivity contribution < 1.29 is 13.2 Å². The first kappa shape index (κ1) is 21.3. The van der Waals surface area contributed by atoms with E-state index in [1.165, 1.54) is 0 Å². The molecule has 1 aromatic carbocycles. The van der Waals surface area contributed by atoms with E-state index in [0.717, 1.165) is 29.7 Å². The molecule has 6 nitrogen and oxygen atoms in total. The second-order valence-electron chi connectivity index (χ2n) is 8.33. The predicted octanol–water partition coefficient (Wildman–Crippen LogP) is 4.37. The van der Waals surface area contributed by atoms with Crippen LogP contribution in [0.15, 0.2) is 36.7 Å². The first-order chi connectivity index (χ1) is 14.2. The summed E-state index contributed by atoms with van der Waals surface area (Å²) in [5.74, 6) is 0.173. The molecule has 2 aliphatic heterocycles. The molecule has 0 saturated carbocycles. The Kier molecular flexibility index (Phi) is 5.64. The minimum Gasteiger partial charge on any atom is -0.300 e. The summed E-state index contributed by atoms with van der Waals surface area (Å²) >= 11 is 6.13. The summed E-state index contributed by atoms with van der Waals surface area (Å²) in [5, 5.41) is 0.210. The van der Waals surface area contributed by atoms with E-state index < -0.39 is 15.3 Å². The largest absolute Gasteiger partial charge is 0.300 e. The third-order valence-electron chi connectivity index (χ3n) is 6.20. The number of benzene rings is 1. The Morgan fingerprint density at radius 3 is 2.50 bits per heavy atom. The van der Waals surface area contributed by atoms with Gasteiger partial charge < -0.3 is 0 Å². The number of carbonyl (C=O) groups excluding carboxylic acids is 1. The van der Waals surface area contributed by atoms with Gasteiger partial charge in [0.2, 0.25) is 10.0 Å². The molecule has 8 heteroatoms. The van der Waals surface area contributed by atoms with Crippen LogP contribution in [0.25, 0.3) is 0 Å². The van der Waals surface area contributed by atoms with Crippen molar-refractivity contribution in [3.63, 3.8) is 0 Å².